The minimum Gasteiger partial charge on any atom is -0.393 e. The van der Waals surface area contributed by atoms with Crippen LogP contribution in [0.1, 0.15) is 19.0 Å². The number of methoxy groups -OCH3 is 1. The zero-order chi connectivity index (χ0) is 13.6. The van der Waals surface area contributed by atoms with Gasteiger partial charge in [0.05, 0.1) is 29.3 Å². The van der Waals surface area contributed by atoms with Crippen LogP contribution in [0, 0.1) is 0 Å². The molecule has 1 aliphatic rings. The summed E-state index contributed by atoms with van der Waals surface area (Å²) < 4.78 is 29.4. The van der Waals surface area contributed by atoms with Gasteiger partial charge in [0.25, 0.3) is 5.56 Å². The molecule has 1 fully saturated rings. The van der Waals surface area contributed by atoms with Crippen molar-refractivity contribution >= 4 is 15.5 Å². The van der Waals surface area contributed by atoms with Crippen LogP contribution >= 0.6 is 0 Å². The van der Waals surface area contributed by atoms with Crippen molar-refractivity contribution in [3.63, 3.8) is 0 Å². The molecule has 3 N–H and O–H groups in total. The maximum Gasteiger partial charge on any atom is 0.290 e. The molecule has 8 heteroatoms. The molecule has 1 aromatic rings. The Bertz CT molecular complexity index is 616. The first-order chi connectivity index (χ1) is 8.29. The molecular formula is C10H17N3O4S. The summed E-state index contributed by atoms with van der Waals surface area (Å²) in [7, 11) is -1.59. The molecule has 2 heterocycles. The average Bonchev–Trinajstić information content (AvgIpc) is 2.71. The number of anilines is 1. The first-order valence-electron chi connectivity index (χ1n) is 5.58. The van der Waals surface area contributed by atoms with Gasteiger partial charge in [-0.15, -0.1) is 0 Å². The zero-order valence-electron chi connectivity index (χ0n) is 10.4. The molecule has 0 aliphatic carbocycles. The van der Waals surface area contributed by atoms with Crippen LogP contribution in [0.2, 0.25) is 0 Å². The van der Waals surface area contributed by atoms with E-state index in [1.54, 1.807) is 6.92 Å². The maximum atomic E-state index is 12.0. The van der Waals surface area contributed by atoms with Gasteiger partial charge in [-0.05, 0) is 13.3 Å². The molecule has 0 bridgehead atoms. The lowest BCUT2D eigenvalue weighted by atomic mass is 10.0. The number of H-pyrrole nitrogens is 1. The van der Waals surface area contributed by atoms with Crippen LogP contribution in [0.25, 0.3) is 0 Å². The second-order valence-electron chi connectivity index (χ2n) is 4.92. The molecule has 1 aliphatic heterocycles. The van der Waals surface area contributed by atoms with Gasteiger partial charge < -0.3 is 10.5 Å². The van der Waals surface area contributed by atoms with Gasteiger partial charge >= 0.3 is 0 Å². The molecule has 0 aromatic carbocycles. The van der Waals surface area contributed by atoms with E-state index in [0.29, 0.717) is 12.1 Å². The Kier molecular flexibility index (Phi) is 3.02. The van der Waals surface area contributed by atoms with E-state index in [0.717, 1.165) is 0 Å². The number of hydrogen-bond acceptors (Lipinski definition) is 5. The number of sulfone groups is 1. The number of nitrogens with one attached hydrogen (secondary N) is 1. The highest BCUT2D eigenvalue weighted by Crippen LogP contribution is 2.29. The van der Waals surface area contributed by atoms with Crippen molar-refractivity contribution < 1.29 is 13.2 Å². The van der Waals surface area contributed by atoms with Crippen LogP contribution in [-0.2, 0) is 26.7 Å². The fourth-order valence-electron chi connectivity index (χ4n) is 2.30. The third-order valence-corrected chi connectivity index (χ3v) is 5.20. The highest BCUT2D eigenvalue weighted by Gasteiger charge is 2.41. The third-order valence-electron chi connectivity index (χ3n) is 3.32. The minimum atomic E-state index is -3.09. The first-order valence-corrected chi connectivity index (χ1v) is 7.40. The van der Waals surface area contributed by atoms with E-state index in [9.17, 15) is 13.2 Å². The van der Waals surface area contributed by atoms with Gasteiger partial charge in [0.2, 0.25) is 0 Å². The van der Waals surface area contributed by atoms with E-state index in [2.05, 4.69) is 5.10 Å². The van der Waals surface area contributed by atoms with Gasteiger partial charge in [-0.1, -0.05) is 0 Å². The summed E-state index contributed by atoms with van der Waals surface area (Å²) in [5.74, 6) is 0.0424. The van der Waals surface area contributed by atoms with Crippen LogP contribution < -0.4 is 11.3 Å². The molecule has 1 saturated heterocycles. The van der Waals surface area contributed by atoms with Crippen molar-refractivity contribution in [1.29, 1.82) is 0 Å². The normalized spacial score (nSPS) is 26.6. The molecule has 0 amide bonds. The predicted octanol–water partition coefficient (Wildman–Crippen LogP) is -0.561. The molecule has 1 atom stereocenters. The average molecular weight is 275 g/mol. The van der Waals surface area contributed by atoms with Crippen LogP contribution in [0.5, 0.6) is 0 Å². The van der Waals surface area contributed by atoms with Gasteiger partial charge in [-0.2, -0.15) is 0 Å². The largest absolute Gasteiger partial charge is 0.393 e. The number of nitrogens with two attached hydrogens (primary N) is 1. The second kappa shape index (κ2) is 4.13. The number of nitrogen functional groups attached to an aromatic ring is 1. The van der Waals surface area contributed by atoms with Crippen molar-refractivity contribution in [2.24, 2.45) is 0 Å². The van der Waals surface area contributed by atoms with Crippen molar-refractivity contribution in [2.75, 3.05) is 24.3 Å². The summed E-state index contributed by atoms with van der Waals surface area (Å²) in [6.45, 7) is 1.93. The number of aromatic nitrogens is 2. The van der Waals surface area contributed by atoms with Crippen LogP contribution in [-0.4, -0.2) is 36.8 Å². The Morgan fingerprint density at radius 1 is 1.56 bits per heavy atom. The minimum absolute atomic E-state index is 0.0493. The molecule has 1 unspecified atom stereocenters. The van der Waals surface area contributed by atoms with Gasteiger partial charge in [-0.3, -0.25) is 9.89 Å². The summed E-state index contributed by atoms with van der Waals surface area (Å²) in [5.41, 5.74) is 5.11. The predicted molar refractivity (Wildman–Crippen MR) is 67.1 cm³/mol. The number of rotatable bonds is 3. The quantitative estimate of drug-likeness (QED) is 0.769. The smallest absolute Gasteiger partial charge is 0.290 e. The van der Waals surface area contributed by atoms with E-state index in [-0.39, 0.29) is 29.4 Å². The van der Waals surface area contributed by atoms with E-state index >= 15 is 0 Å². The lowest BCUT2D eigenvalue weighted by molar-refractivity contribution is 0.179. The van der Waals surface area contributed by atoms with E-state index in [1.165, 1.54) is 11.8 Å². The Balaban J connectivity index is 2.47. The van der Waals surface area contributed by atoms with Crippen molar-refractivity contribution in [3.05, 3.63) is 16.0 Å². The lowest BCUT2D eigenvalue weighted by Crippen LogP contribution is -2.39. The molecule has 2 rings (SSSR count). The summed E-state index contributed by atoms with van der Waals surface area (Å²) >= 11 is 0. The van der Waals surface area contributed by atoms with Crippen LogP contribution in [0.15, 0.2) is 4.79 Å². The fourth-order valence-corrected chi connectivity index (χ4v) is 4.42. The summed E-state index contributed by atoms with van der Waals surface area (Å²) in [6.07, 6.45) is 0.404. The molecular weight excluding hydrogens is 258 g/mol. The first kappa shape index (κ1) is 13.2. The van der Waals surface area contributed by atoms with Gasteiger partial charge in [0.15, 0.2) is 9.84 Å². The summed E-state index contributed by atoms with van der Waals surface area (Å²) in [4.78, 5) is 12.0. The topological polar surface area (TPSA) is 107 Å². The number of nitrogens with zero attached hydrogens (tertiary/aromatic N) is 1. The Morgan fingerprint density at radius 2 is 2.22 bits per heavy atom. The second-order valence-corrected chi connectivity index (χ2v) is 7.10. The van der Waals surface area contributed by atoms with Gasteiger partial charge in [0, 0.05) is 7.11 Å². The van der Waals surface area contributed by atoms with E-state index < -0.39 is 15.4 Å². The SMILES string of the molecule is COCc1[nH]n(C2(C)CCS(=O)(=O)C2)c(=O)c1N. The summed E-state index contributed by atoms with van der Waals surface area (Å²) in [6, 6.07) is 0. The van der Waals surface area contributed by atoms with Crippen molar-refractivity contribution in [3.8, 4) is 0 Å². The Hall–Kier alpha value is -1.28. The zero-order valence-corrected chi connectivity index (χ0v) is 11.2. The Morgan fingerprint density at radius 3 is 2.72 bits per heavy atom. The van der Waals surface area contributed by atoms with E-state index in [1.807, 2.05) is 0 Å². The van der Waals surface area contributed by atoms with Crippen LogP contribution in [0.4, 0.5) is 5.69 Å². The number of aromatic amines is 1. The molecule has 7 nitrogen and oxygen atoms in total. The number of hydrogen-bond donors (Lipinski definition) is 2. The Labute approximate surface area is 105 Å². The molecule has 1 aromatic heterocycles. The van der Waals surface area contributed by atoms with Gasteiger partial charge in [-0.25, -0.2) is 13.1 Å². The molecule has 102 valence electrons. The molecule has 0 saturated carbocycles. The van der Waals surface area contributed by atoms with Gasteiger partial charge in [0.1, 0.15) is 5.69 Å². The fraction of sp³-hybridized carbons (Fsp3) is 0.700. The molecule has 0 spiro atoms. The van der Waals surface area contributed by atoms with Crippen molar-refractivity contribution in [1.82, 2.24) is 9.78 Å². The lowest BCUT2D eigenvalue weighted by Gasteiger charge is -2.22. The highest BCUT2D eigenvalue weighted by molar-refractivity contribution is 7.91. The van der Waals surface area contributed by atoms with Crippen molar-refractivity contribution in [2.45, 2.75) is 25.5 Å². The number of ether oxygens (including phenoxy) is 1. The standard InChI is InChI=1S/C10H17N3O4S/c1-10(3-4-18(15,16)6-10)13-9(14)8(11)7(12-13)5-17-2/h12H,3-6,11H2,1-2H3. The highest BCUT2D eigenvalue weighted by atomic mass is 32.2. The molecule has 0 radical (unpaired) electrons. The summed E-state index contributed by atoms with van der Waals surface area (Å²) in [5, 5.41) is 2.86. The van der Waals surface area contributed by atoms with Crippen LogP contribution in [0.3, 0.4) is 0 Å². The third kappa shape index (κ3) is 2.05. The van der Waals surface area contributed by atoms with E-state index in [4.69, 9.17) is 10.5 Å². The monoisotopic (exact) mass is 275 g/mol. The molecule has 18 heavy (non-hydrogen) atoms. The maximum absolute atomic E-state index is 12.0.